The number of carbonyl (C=O) groups is 2. The van der Waals surface area contributed by atoms with Gasteiger partial charge in [-0.05, 0) is 45.4 Å². The van der Waals surface area contributed by atoms with Crippen LogP contribution in [0.2, 0.25) is 0 Å². The van der Waals surface area contributed by atoms with Crippen molar-refractivity contribution >= 4 is 28.9 Å². The first-order chi connectivity index (χ1) is 13.9. The Kier molecular flexibility index (Phi) is 6.90. The zero-order valence-electron chi connectivity index (χ0n) is 17.5. The number of esters is 1. The minimum Gasteiger partial charge on any atom is -0.479 e. The van der Waals surface area contributed by atoms with Crippen LogP contribution in [0.25, 0.3) is 11.3 Å². The van der Waals surface area contributed by atoms with E-state index in [-0.39, 0.29) is 12.5 Å². The maximum atomic E-state index is 12.7. The summed E-state index contributed by atoms with van der Waals surface area (Å²) in [4.78, 5) is 32.3. The van der Waals surface area contributed by atoms with Crippen LogP contribution >= 0.6 is 11.3 Å². The summed E-state index contributed by atoms with van der Waals surface area (Å²) in [7, 11) is 0. The molecule has 156 valence electrons. The third-order valence-corrected chi connectivity index (χ3v) is 5.78. The van der Waals surface area contributed by atoms with Crippen molar-refractivity contribution in [1.29, 1.82) is 0 Å². The molecule has 1 aliphatic heterocycles. The topological polar surface area (TPSA) is 68.7 Å². The number of benzene rings is 1. The van der Waals surface area contributed by atoms with Crippen molar-refractivity contribution in [3.63, 3.8) is 0 Å². The van der Waals surface area contributed by atoms with Gasteiger partial charge in [0, 0.05) is 10.4 Å². The molecule has 7 heteroatoms. The van der Waals surface area contributed by atoms with E-state index in [4.69, 9.17) is 9.47 Å². The van der Waals surface area contributed by atoms with E-state index in [9.17, 15) is 9.59 Å². The normalized spacial score (nSPS) is 15.8. The van der Waals surface area contributed by atoms with Gasteiger partial charge in [0.15, 0.2) is 6.10 Å². The number of hydrogen-bond donors (Lipinski definition) is 0. The summed E-state index contributed by atoms with van der Waals surface area (Å²) in [6, 6.07) is 5.65. The molecular formula is C22H28N2O4S. The van der Waals surface area contributed by atoms with Crippen LogP contribution in [-0.2, 0) is 14.3 Å². The van der Waals surface area contributed by atoms with Crippen molar-refractivity contribution in [1.82, 2.24) is 4.98 Å². The number of hydrogen-bond acceptors (Lipinski definition) is 6. The molecule has 0 bridgehead atoms. The standard InChI is InChI=1S/C22H28N2O4S/c1-5-6-7-8-11-27-20(25)13-24-18-12-17(21-15(3)29-16(4)23-21)9-10-19(18)28-14(2)22(24)26/h9-10,12,14H,5-8,11,13H2,1-4H3. The highest BCUT2D eigenvalue weighted by Crippen LogP contribution is 2.38. The van der Waals surface area contributed by atoms with Crippen LogP contribution in [0.4, 0.5) is 5.69 Å². The average molecular weight is 417 g/mol. The Morgan fingerprint density at radius 1 is 1.28 bits per heavy atom. The van der Waals surface area contributed by atoms with Gasteiger partial charge in [0.1, 0.15) is 12.3 Å². The van der Waals surface area contributed by atoms with Crippen LogP contribution in [0.5, 0.6) is 5.75 Å². The molecule has 0 N–H and O–H groups in total. The molecular weight excluding hydrogens is 388 g/mol. The van der Waals surface area contributed by atoms with Gasteiger partial charge >= 0.3 is 5.97 Å². The largest absolute Gasteiger partial charge is 0.479 e. The number of ether oxygens (including phenoxy) is 2. The number of rotatable bonds is 8. The fourth-order valence-electron chi connectivity index (χ4n) is 3.40. The van der Waals surface area contributed by atoms with Crippen molar-refractivity contribution in [2.24, 2.45) is 0 Å². The molecule has 1 aromatic carbocycles. The van der Waals surface area contributed by atoms with E-state index in [0.29, 0.717) is 18.0 Å². The predicted octanol–water partition coefficient (Wildman–Crippen LogP) is 4.66. The zero-order chi connectivity index (χ0) is 21.0. The predicted molar refractivity (Wildman–Crippen MR) is 115 cm³/mol. The number of aromatic nitrogens is 1. The summed E-state index contributed by atoms with van der Waals surface area (Å²) in [5, 5.41) is 0.986. The summed E-state index contributed by atoms with van der Waals surface area (Å²) in [5.74, 6) is -0.0639. The van der Waals surface area contributed by atoms with Gasteiger partial charge in [0.05, 0.1) is 23.0 Å². The maximum absolute atomic E-state index is 12.7. The Morgan fingerprint density at radius 3 is 2.76 bits per heavy atom. The zero-order valence-corrected chi connectivity index (χ0v) is 18.3. The van der Waals surface area contributed by atoms with E-state index in [1.807, 2.05) is 32.0 Å². The number of anilines is 1. The fourth-order valence-corrected chi connectivity index (χ4v) is 4.24. The molecule has 0 fully saturated rings. The summed E-state index contributed by atoms with van der Waals surface area (Å²) < 4.78 is 11.1. The van der Waals surface area contributed by atoms with Crippen molar-refractivity contribution in [3.8, 4) is 17.0 Å². The van der Waals surface area contributed by atoms with Gasteiger partial charge in [0.25, 0.3) is 5.91 Å². The molecule has 1 amide bonds. The molecule has 0 spiro atoms. The first-order valence-electron chi connectivity index (χ1n) is 10.1. The SMILES string of the molecule is CCCCCCOC(=O)CN1C(=O)C(C)Oc2ccc(-c3nc(C)sc3C)cc21. The molecule has 1 aromatic heterocycles. The lowest BCUT2D eigenvalue weighted by Crippen LogP contribution is -2.47. The van der Waals surface area contributed by atoms with Crippen molar-refractivity contribution < 1.29 is 19.1 Å². The number of thiazole rings is 1. The summed E-state index contributed by atoms with van der Waals surface area (Å²) in [6.45, 7) is 8.09. The van der Waals surface area contributed by atoms with Crippen LogP contribution in [0.15, 0.2) is 18.2 Å². The highest BCUT2D eigenvalue weighted by molar-refractivity contribution is 7.11. The van der Waals surface area contributed by atoms with Crippen molar-refractivity contribution in [2.45, 2.75) is 59.5 Å². The second-order valence-electron chi connectivity index (χ2n) is 7.29. The second kappa shape index (κ2) is 9.39. The number of nitrogens with zero attached hydrogens (tertiary/aromatic N) is 2. The fraction of sp³-hybridized carbons (Fsp3) is 0.500. The summed E-state index contributed by atoms with van der Waals surface area (Å²) >= 11 is 1.63. The van der Waals surface area contributed by atoms with Gasteiger partial charge in [-0.2, -0.15) is 0 Å². The van der Waals surface area contributed by atoms with E-state index in [1.165, 1.54) is 4.90 Å². The monoisotopic (exact) mass is 416 g/mol. The third kappa shape index (κ3) is 4.96. The van der Waals surface area contributed by atoms with Crippen molar-refractivity contribution in [2.75, 3.05) is 18.1 Å². The Labute approximate surface area is 175 Å². The highest BCUT2D eigenvalue weighted by atomic mass is 32.1. The molecule has 29 heavy (non-hydrogen) atoms. The van der Waals surface area contributed by atoms with Crippen LogP contribution in [0.1, 0.15) is 49.4 Å². The molecule has 1 aliphatic rings. The minimum atomic E-state index is -0.644. The Bertz CT molecular complexity index is 893. The van der Waals surface area contributed by atoms with Gasteiger partial charge in [-0.25, -0.2) is 4.98 Å². The highest BCUT2D eigenvalue weighted by Gasteiger charge is 2.33. The number of aryl methyl sites for hydroxylation is 2. The average Bonchev–Trinajstić information content (AvgIpc) is 3.03. The number of amides is 1. The van der Waals surface area contributed by atoms with Gasteiger partial charge in [0.2, 0.25) is 0 Å². The molecule has 0 saturated heterocycles. The summed E-state index contributed by atoms with van der Waals surface area (Å²) in [6.07, 6.45) is 3.49. The number of unbranched alkanes of at least 4 members (excludes halogenated alkanes) is 3. The second-order valence-corrected chi connectivity index (χ2v) is 8.69. The maximum Gasteiger partial charge on any atom is 0.326 e. The first kappa shape index (κ1) is 21.3. The van der Waals surface area contributed by atoms with Gasteiger partial charge in [-0.15, -0.1) is 11.3 Å². The molecule has 0 radical (unpaired) electrons. The molecule has 2 heterocycles. The molecule has 0 saturated carbocycles. The smallest absolute Gasteiger partial charge is 0.326 e. The summed E-state index contributed by atoms with van der Waals surface area (Å²) in [5.41, 5.74) is 2.37. The molecule has 1 atom stereocenters. The van der Waals surface area contributed by atoms with E-state index < -0.39 is 12.1 Å². The molecule has 6 nitrogen and oxygen atoms in total. The lowest BCUT2D eigenvalue weighted by Gasteiger charge is -2.32. The first-order valence-corrected chi connectivity index (χ1v) is 10.9. The minimum absolute atomic E-state index is 0.119. The van der Waals surface area contributed by atoms with Crippen molar-refractivity contribution in [3.05, 3.63) is 28.1 Å². The lowest BCUT2D eigenvalue weighted by atomic mass is 10.1. The Balaban J connectivity index is 1.79. The van der Waals surface area contributed by atoms with Gasteiger partial charge in [-0.3, -0.25) is 14.5 Å². The van der Waals surface area contributed by atoms with Crippen LogP contribution in [-0.4, -0.2) is 36.1 Å². The quantitative estimate of drug-likeness (QED) is 0.462. The Morgan fingerprint density at radius 2 is 2.07 bits per heavy atom. The van der Waals surface area contributed by atoms with Gasteiger partial charge < -0.3 is 9.47 Å². The number of fused-ring (bicyclic) bond motifs is 1. The lowest BCUT2D eigenvalue weighted by molar-refractivity contribution is -0.143. The van der Waals surface area contributed by atoms with Crippen LogP contribution < -0.4 is 9.64 Å². The van der Waals surface area contributed by atoms with E-state index in [2.05, 4.69) is 11.9 Å². The molecule has 3 rings (SSSR count). The molecule has 1 unspecified atom stereocenters. The number of carbonyl (C=O) groups excluding carboxylic acids is 2. The van der Waals surface area contributed by atoms with Crippen LogP contribution in [0.3, 0.4) is 0 Å². The van der Waals surface area contributed by atoms with Crippen LogP contribution in [0, 0.1) is 13.8 Å². The van der Waals surface area contributed by atoms with E-state index in [1.54, 1.807) is 18.3 Å². The van der Waals surface area contributed by atoms with Gasteiger partial charge in [-0.1, -0.05) is 26.2 Å². The van der Waals surface area contributed by atoms with E-state index >= 15 is 0 Å². The third-order valence-electron chi connectivity index (χ3n) is 4.89. The molecule has 2 aromatic rings. The van der Waals surface area contributed by atoms with E-state index in [0.717, 1.165) is 46.8 Å². The Hall–Kier alpha value is -2.41. The molecule has 0 aliphatic carbocycles.